The van der Waals surface area contributed by atoms with Crippen LogP contribution >= 0.6 is 0 Å². The molecule has 2 aliphatic heterocycles. The van der Waals surface area contributed by atoms with Gasteiger partial charge in [-0.1, -0.05) is 34.3 Å². The molecule has 4 fully saturated rings. The number of furan rings is 1. The Morgan fingerprint density at radius 3 is 2.62 bits per heavy atom. The molecule has 0 amide bonds. The van der Waals surface area contributed by atoms with E-state index >= 15 is 0 Å². The number of carbonyl (C=O) groups excluding carboxylic acids is 3. The third-order valence-electron chi connectivity index (χ3n) is 9.98. The van der Waals surface area contributed by atoms with E-state index in [1.165, 1.54) is 7.11 Å². The van der Waals surface area contributed by atoms with E-state index in [0.717, 1.165) is 24.0 Å². The van der Waals surface area contributed by atoms with Crippen molar-refractivity contribution in [2.24, 2.45) is 28.1 Å². The molecule has 0 aromatic carbocycles. The average Bonchev–Trinajstić information content (AvgIpc) is 3.30. The second kappa shape index (κ2) is 7.30. The molecule has 0 radical (unpaired) electrons. The SMILES string of the molecule is C=C1[C@H]2CC[C@@]3(C)[C@H](c4ccoc4)OC(=O)C[C@@]13O[C@H]1CC(=O)C(C)(C)[C@H](CC(=O)OC)[C@]12C. The van der Waals surface area contributed by atoms with Gasteiger partial charge in [0, 0.05) is 34.7 Å². The van der Waals surface area contributed by atoms with E-state index in [-0.39, 0.29) is 48.8 Å². The second-order valence-corrected chi connectivity index (χ2v) is 11.6. The van der Waals surface area contributed by atoms with Crippen LogP contribution in [-0.4, -0.2) is 36.5 Å². The first-order valence-corrected chi connectivity index (χ1v) is 12.1. The van der Waals surface area contributed by atoms with E-state index in [1.807, 2.05) is 19.9 Å². The summed E-state index contributed by atoms with van der Waals surface area (Å²) in [6.07, 6.45) is 4.23. The summed E-state index contributed by atoms with van der Waals surface area (Å²) in [5.74, 6) is -0.889. The average molecular weight is 471 g/mol. The van der Waals surface area contributed by atoms with Crippen LogP contribution in [0.5, 0.6) is 0 Å². The van der Waals surface area contributed by atoms with Crippen LogP contribution in [0.2, 0.25) is 0 Å². The molecule has 4 aliphatic rings. The fraction of sp³-hybridized carbons (Fsp3) is 0.667. The summed E-state index contributed by atoms with van der Waals surface area (Å²) >= 11 is 0. The van der Waals surface area contributed by atoms with Crippen LogP contribution in [0.25, 0.3) is 0 Å². The Balaban J connectivity index is 1.63. The number of carbonyl (C=O) groups is 3. The van der Waals surface area contributed by atoms with Gasteiger partial charge in [0.2, 0.25) is 0 Å². The molecule has 34 heavy (non-hydrogen) atoms. The van der Waals surface area contributed by atoms with E-state index in [0.29, 0.717) is 0 Å². The van der Waals surface area contributed by atoms with Crippen molar-refractivity contribution >= 4 is 17.7 Å². The number of cyclic esters (lactones) is 1. The number of esters is 2. The summed E-state index contributed by atoms with van der Waals surface area (Å²) in [5, 5.41) is 0. The molecule has 2 bridgehead atoms. The van der Waals surface area contributed by atoms with Crippen molar-refractivity contribution in [3.05, 3.63) is 36.3 Å². The number of Topliss-reactive ketones (excluding diaryl/α,β-unsaturated/α-hetero) is 1. The lowest BCUT2D eigenvalue weighted by Gasteiger charge is -2.70. The number of rotatable bonds is 3. The fourth-order valence-corrected chi connectivity index (χ4v) is 7.88. The highest BCUT2D eigenvalue weighted by atomic mass is 16.6. The molecular formula is C27H34O7. The molecule has 1 aromatic rings. The number of hydrogen-bond donors (Lipinski definition) is 0. The van der Waals surface area contributed by atoms with Crippen LogP contribution in [0, 0.1) is 28.1 Å². The predicted octanol–water partition coefficient (Wildman–Crippen LogP) is 4.56. The maximum absolute atomic E-state index is 13.4. The summed E-state index contributed by atoms with van der Waals surface area (Å²) in [5.41, 5.74) is -1.05. The molecule has 5 rings (SSSR count). The topological polar surface area (TPSA) is 92.0 Å². The first kappa shape index (κ1) is 23.3. The first-order valence-electron chi connectivity index (χ1n) is 12.1. The molecule has 0 unspecified atom stereocenters. The summed E-state index contributed by atoms with van der Waals surface area (Å²) in [7, 11) is 1.38. The number of ketones is 1. The summed E-state index contributed by atoms with van der Waals surface area (Å²) < 4.78 is 23.2. The molecular weight excluding hydrogens is 436 g/mol. The smallest absolute Gasteiger partial charge is 0.309 e. The lowest BCUT2D eigenvalue weighted by molar-refractivity contribution is -0.298. The van der Waals surface area contributed by atoms with Crippen LogP contribution in [0.1, 0.15) is 71.5 Å². The van der Waals surface area contributed by atoms with Gasteiger partial charge in [-0.25, -0.2) is 0 Å². The van der Waals surface area contributed by atoms with E-state index in [4.69, 9.17) is 18.6 Å². The molecule has 7 heteroatoms. The van der Waals surface area contributed by atoms with Gasteiger partial charge in [0.05, 0.1) is 32.2 Å². The van der Waals surface area contributed by atoms with Crippen LogP contribution in [0.3, 0.4) is 0 Å². The molecule has 1 aromatic heterocycles. The van der Waals surface area contributed by atoms with Crippen molar-refractivity contribution in [3.63, 3.8) is 0 Å². The van der Waals surface area contributed by atoms with Crippen LogP contribution in [0.15, 0.2) is 35.2 Å². The molecule has 2 aliphatic carbocycles. The van der Waals surface area contributed by atoms with E-state index in [2.05, 4.69) is 20.4 Å². The number of hydrogen-bond acceptors (Lipinski definition) is 7. The van der Waals surface area contributed by atoms with E-state index in [9.17, 15) is 14.4 Å². The van der Waals surface area contributed by atoms with Gasteiger partial charge in [-0.3, -0.25) is 14.4 Å². The standard InChI is InChI=1S/C27H34O7/c1-15-17-7-9-25(4)23(16-8-10-32-14-16)33-22(30)13-27(15,25)34-20-12-19(28)24(2,3)18(26(17,20)5)11-21(29)31-6/h8,10,14,17-18,20,23H,1,7,9,11-13H2,2-6H3/t17-,18+,20+,23+,25+,26-,27-/m1/s1. The molecule has 7 nitrogen and oxygen atoms in total. The zero-order valence-electron chi connectivity index (χ0n) is 20.6. The third-order valence-corrected chi connectivity index (χ3v) is 9.98. The Morgan fingerprint density at radius 2 is 1.97 bits per heavy atom. The predicted molar refractivity (Wildman–Crippen MR) is 121 cm³/mol. The lowest BCUT2D eigenvalue weighted by atomic mass is 9.41. The van der Waals surface area contributed by atoms with E-state index in [1.54, 1.807) is 12.5 Å². The quantitative estimate of drug-likeness (QED) is 0.472. The highest BCUT2D eigenvalue weighted by Crippen LogP contribution is 2.71. The summed E-state index contributed by atoms with van der Waals surface area (Å²) in [6.45, 7) is 12.6. The van der Waals surface area contributed by atoms with Crippen LogP contribution in [-0.2, 0) is 28.6 Å². The van der Waals surface area contributed by atoms with Crippen LogP contribution in [0.4, 0.5) is 0 Å². The van der Waals surface area contributed by atoms with Crippen LogP contribution < -0.4 is 0 Å². The monoisotopic (exact) mass is 470 g/mol. The minimum absolute atomic E-state index is 0.00254. The van der Waals surface area contributed by atoms with Gasteiger partial charge in [-0.2, -0.15) is 0 Å². The Kier molecular flexibility index (Phi) is 5.01. The lowest BCUT2D eigenvalue weighted by Crippen LogP contribution is -2.72. The number of ether oxygens (including phenoxy) is 3. The molecule has 2 saturated heterocycles. The molecule has 184 valence electrons. The number of methoxy groups -OCH3 is 1. The Morgan fingerprint density at radius 1 is 1.24 bits per heavy atom. The second-order valence-electron chi connectivity index (χ2n) is 11.6. The van der Waals surface area contributed by atoms with Crippen molar-refractivity contribution in [1.29, 1.82) is 0 Å². The van der Waals surface area contributed by atoms with Gasteiger partial charge in [0.1, 0.15) is 17.5 Å². The minimum atomic E-state index is -0.949. The number of fused-ring (bicyclic) bond motifs is 3. The normalized spacial score (nSPS) is 42.9. The van der Waals surface area contributed by atoms with Gasteiger partial charge in [-0.15, -0.1) is 0 Å². The molecule has 3 heterocycles. The third kappa shape index (κ3) is 2.76. The Hall–Kier alpha value is -2.41. The van der Waals surface area contributed by atoms with Gasteiger partial charge >= 0.3 is 11.9 Å². The van der Waals surface area contributed by atoms with E-state index < -0.39 is 34.1 Å². The van der Waals surface area contributed by atoms with Crippen molar-refractivity contribution < 1.29 is 33.0 Å². The minimum Gasteiger partial charge on any atom is -0.472 e. The molecule has 7 atom stereocenters. The maximum Gasteiger partial charge on any atom is 0.309 e. The van der Waals surface area contributed by atoms with Gasteiger partial charge in [-0.05, 0) is 36.3 Å². The summed E-state index contributed by atoms with van der Waals surface area (Å²) in [6, 6.07) is 1.82. The van der Waals surface area contributed by atoms with Crippen molar-refractivity contribution in [2.75, 3.05) is 7.11 Å². The fourth-order valence-electron chi connectivity index (χ4n) is 7.88. The maximum atomic E-state index is 13.4. The molecule has 0 N–H and O–H groups in total. The zero-order valence-corrected chi connectivity index (χ0v) is 20.6. The Bertz CT molecular complexity index is 1060. The van der Waals surface area contributed by atoms with Crippen molar-refractivity contribution in [3.8, 4) is 0 Å². The Labute approximate surface area is 200 Å². The van der Waals surface area contributed by atoms with Gasteiger partial charge < -0.3 is 18.6 Å². The molecule has 1 spiro atoms. The van der Waals surface area contributed by atoms with Crippen molar-refractivity contribution in [1.82, 2.24) is 0 Å². The first-order chi connectivity index (χ1) is 15.9. The molecule has 2 saturated carbocycles. The largest absolute Gasteiger partial charge is 0.472 e. The summed E-state index contributed by atoms with van der Waals surface area (Å²) in [4.78, 5) is 38.8. The van der Waals surface area contributed by atoms with Crippen molar-refractivity contribution in [2.45, 2.75) is 77.6 Å². The highest BCUT2D eigenvalue weighted by molar-refractivity contribution is 5.87. The van der Waals surface area contributed by atoms with Gasteiger partial charge in [0.15, 0.2) is 0 Å². The zero-order chi connectivity index (χ0) is 24.7. The highest BCUT2D eigenvalue weighted by Gasteiger charge is 2.73. The van der Waals surface area contributed by atoms with Gasteiger partial charge in [0.25, 0.3) is 0 Å².